The maximum atomic E-state index is 17.0. The molecule has 0 aliphatic carbocycles. The number of carbonyl (C=O) groups excluding carboxylic acids is 4. The highest BCUT2D eigenvalue weighted by Crippen LogP contribution is 2.44. The van der Waals surface area contributed by atoms with Crippen molar-refractivity contribution in [1.82, 2.24) is 29.8 Å². The van der Waals surface area contributed by atoms with Crippen molar-refractivity contribution < 1.29 is 52.4 Å². The summed E-state index contributed by atoms with van der Waals surface area (Å²) in [6.07, 6.45) is 0.185. The fraction of sp³-hybridized carbons (Fsp3) is 0.696. The van der Waals surface area contributed by atoms with Gasteiger partial charge in [0.1, 0.15) is 18.0 Å². The van der Waals surface area contributed by atoms with Crippen molar-refractivity contribution in [2.24, 2.45) is 17.8 Å². The number of alkyl halides is 1. The van der Waals surface area contributed by atoms with Crippen LogP contribution < -0.4 is 0 Å². The summed E-state index contributed by atoms with van der Waals surface area (Å²) >= 11 is 0. The number of rotatable bonds is 12. The number of halogens is 1. The molecular formula is C46H67FN6O10. The SMILES string of the molecule is CC[C@@H]1OC(=O)[C@@](C)(F)C(=O)[C@@H](C)[C@@H](O[C@@H]2O[C@H](C)C[C@H](N(C)C)[C@H]2O)[C@@](C)(OC)C[C@@H](C)C(=O)[C@@H](C)[C@@H]2N(CCCCn3cc(Cc4c[nH]c5ccccc45)nn3)C(=O)O[C@]12C. The molecule has 0 spiro atoms. The predicted octanol–water partition coefficient (Wildman–Crippen LogP) is 5.43. The van der Waals surface area contributed by atoms with Crippen molar-refractivity contribution in [3.8, 4) is 0 Å². The molecule has 0 saturated carbocycles. The van der Waals surface area contributed by atoms with Gasteiger partial charge in [0.05, 0.1) is 29.5 Å². The molecule has 5 heterocycles. The molecule has 3 aromatic rings. The van der Waals surface area contributed by atoms with Gasteiger partial charge in [-0.1, -0.05) is 51.1 Å². The van der Waals surface area contributed by atoms with Crippen LogP contribution in [0.15, 0.2) is 36.7 Å². The molecule has 63 heavy (non-hydrogen) atoms. The van der Waals surface area contributed by atoms with E-state index in [1.165, 1.54) is 18.9 Å². The number of aromatic nitrogens is 4. The van der Waals surface area contributed by atoms with Crippen LogP contribution in [0.1, 0.15) is 98.8 Å². The number of cyclic esters (lactones) is 1. The Morgan fingerprint density at radius 3 is 2.41 bits per heavy atom. The Bertz CT molecular complexity index is 2110. The minimum Gasteiger partial charge on any atom is -0.455 e. The predicted molar refractivity (Wildman–Crippen MR) is 230 cm³/mol. The number of hydrogen-bond donors (Lipinski definition) is 2. The number of amides is 1. The van der Waals surface area contributed by atoms with E-state index >= 15 is 4.39 Å². The number of para-hydroxylation sites is 1. The van der Waals surface area contributed by atoms with Crippen molar-refractivity contribution in [1.29, 1.82) is 0 Å². The van der Waals surface area contributed by atoms with E-state index in [1.807, 2.05) is 56.5 Å². The summed E-state index contributed by atoms with van der Waals surface area (Å²) < 4.78 is 49.4. The van der Waals surface area contributed by atoms with Crippen LogP contribution in [0.25, 0.3) is 10.9 Å². The van der Waals surface area contributed by atoms with E-state index in [0.717, 1.165) is 29.1 Å². The number of H-pyrrole nitrogens is 1. The van der Waals surface area contributed by atoms with Gasteiger partial charge in [0.25, 0.3) is 5.67 Å². The molecule has 3 saturated heterocycles. The van der Waals surface area contributed by atoms with E-state index < -0.39 is 83.1 Å². The van der Waals surface area contributed by atoms with Crippen molar-refractivity contribution in [2.75, 3.05) is 27.7 Å². The molecule has 2 aromatic heterocycles. The van der Waals surface area contributed by atoms with Gasteiger partial charge in [-0.15, -0.1) is 5.10 Å². The summed E-state index contributed by atoms with van der Waals surface area (Å²) in [6.45, 7) is 13.3. The van der Waals surface area contributed by atoms with Gasteiger partial charge in [-0.3, -0.25) is 14.3 Å². The summed E-state index contributed by atoms with van der Waals surface area (Å²) in [6, 6.07) is 6.77. The van der Waals surface area contributed by atoms with Gasteiger partial charge in [-0.05, 0) is 85.5 Å². The number of fused-ring (bicyclic) bond motifs is 2. The Balaban J connectivity index is 1.25. The maximum absolute atomic E-state index is 17.0. The normalized spacial score (nSPS) is 36.1. The number of unbranched alkanes of at least 4 members (excludes halogenated alkanes) is 1. The molecule has 3 fully saturated rings. The third-order valence-electron chi connectivity index (χ3n) is 13.9. The first-order chi connectivity index (χ1) is 29.7. The molecule has 0 bridgehead atoms. The second kappa shape index (κ2) is 19.0. The number of ether oxygens (including phenoxy) is 5. The van der Waals surface area contributed by atoms with Crippen LogP contribution in [0, 0.1) is 17.8 Å². The molecule has 17 heteroatoms. The Kier molecular flexibility index (Phi) is 14.6. The first-order valence-corrected chi connectivity index (χ1v) is 22.3. The van der Waals surface area contributed by atoms with Crippen LogP contribution in [-0.2, 0) is 51.0 Å². The Labute approximate surface area is 369 Å². The zero-order chi connectivity index (χ0) is 46.2. The number of esters is 1. The maximum Gasteiger partial charge on any atom is 0.410 e. The number of aliphatic hydroxyl groups is 1. The van der Waals surface area contributed by atoms with Gasteiger partial charge in [0.15, 0.2) is 17.7 Å². The number of Topliss-reactive ketones (excluding diaryl/α,β-unsaturated/α-hetero) is 2. The largest absolute Gasteiger partial charge is 0.455 e. The molecule has 0 radical (unpaired) electrons. The molecule has 13 atom stereocenters. The third kappa shape index (κ3) is 9.58. The Morgan fingerprint density at radius 1 is 1.03 bits per heavy atom. The molecule has 16 nitrogen and oxygen atoms in total. The van der Waals surface area contributed by atoms with Crippen LogP contribution in [0.3, 0.4) is 0 Å². The van der Waals surface area contributed by atoms with Gasteiger partial charge in [-0.25, -0.2) is 14.0 Å². The minimum atomic E-state index is -3.18. The van der Waals surface area contributed by atoms with E-state index in [-0.39, 0.29) is 37.3 Å². The van der Waals surface area contributed by atoms with E-state index in [4.69, 9.17) is 23.7 Å². The van der Waals surface area contributed by atoms with Crippen molar-refractivity contribution in [2.45, 2.75) is 160 Å². The van der Waals surface area contributed by atoms with Gasteiger partial charge < -0.3 is 43.6 Å². The number of aryl methyl sites for hydroxylation is 1. The summed E-state index contributed by atoms with van der Waals surface area (Å²) in [5.74, 6) is -5.82. The lowest BCUT2D eigenvalue weighted by atomic mass is 9.73. The lowest BCUT2D eigenvalue weighted by molar-refractivity contribution is -0.295. The molecule has 0 unspecified atom stereocenters. The molecular weight excluding hydrogens is 816 g/mol. The number of carbonyl (C=O) groups is 4. The third-order valence-corrected chi connectivity index (χ3v) is 13.9. The fourth-order valence-corrected chi connectivity index (χ4v) is 10.3. The lowest BCUT2D eigenvalue weighted by Gasteiger charge is -2.47. The number of benzene rings is 1. The van der Waals surface area contributed by atoms with Crippen LogP contribution in [0.2, 0.25) is 0 Å². The number of nitrogens with zero attached hydrogens (tertiary/aromatic N) is 5. The number of aliphatic hydroxyl groups excluding tert-OH is 1. The van der Waals surface area contributed by atoms with Crippen LogP contribution in [0.5, 0.6) is 0 Å². The summed E-state index contributed by atoms with van der Waals surface area (Å²) in [5, 5.41) is 21.3. The van der Waals surface area contributed by atoms with E-state index in [9.17, 15) is 24.3 Å². The summed E-state index contributed by atoms with van der Waals surface area (Å²) in [5.41, 5.74) is -3.26. The van der Waals surface area contributed by atoms with Gasteiger partial charge in [0.2, 0.25) is 0 Å². The second-order valence-corrected chi connectivity index (χ2v) is 18.8. The minimum absolute atomic E-state index is 0.00642. The first kappa shape index (κ1) is 48.2. The van der Waals surface area contributed by atoms with Gasteiger partial charge in [-0.2, -0.15) is 0 Å². The fourth-order valence-electron chi connectivity index (χ4n) is 10.3. The van der Waals surface area contributed by atoms with Crippen molar-refractivity contribution >= 4 is 34.5 Å². The number of aromatic amines is 1. The van der Waals surface area contributed by atoms with Gasteiger partial charge in [0, 0.05) is 73.7 Å². The second-order valence-electron chi connectivity index (χ2n) is 18.8. The topological polar surface area (TPSA) is 188 Å². The summed E-state index contributed by atoms with van der Waals surface area (Å²) in [7, 11) is 5.05. The summed E-state index contributed by atoms with van der Waals surface area (Å²) in [4.78, 5) is 63.6. The zero-order valence-electron chi connectivity index (χ0n) is 38.6. The first-order valence-electron chi connectivity index (χ1n) is 22.3. The quantitative estimate of drug-likeness (QED) is 0.133. The molecule has 1 aromatic carbocycles. The number of nitrogens with one attached hydrogen (secondary N) is 1. The van der Waals surface area contributed by atoms with Crippen LogP contribution in [0.4, 0.5) is 9.18 Å². The Hall–Kier alpha value is -4.29. The average Bonchev–Trinajstić information content (AvgIpc) is 3.95. The lowest BCUT2D eigenvalue weighted by Crippen LogP contribution is -2.61. The zero-order valence-corrected chi connectivity index (χ0v) is 38.6. The number of methoxy groups -OCH3 is 1. The number of likely N-dealkylation sites (N-methyl/N-ethyl adjacent to an activating group) is 1. The van der Waals surface area contributed by atoms with Crippen LogP contribution >= 0.6 is 0 Å². The average molecular weight is 883 g/mol. The monoisotopic (exact) mass is 882 g/mol. The van der Waals surface area contributed by atoms with Crippen molar-refractivity contribution in [3.63, 3.8) is 0 Å². The van der Waals surface area contributed by atoms with Gasteiger partial charge >= 0.3 is 12.1 Å². The molecule has 348 valence electrons. The molecule has 3 aliphatic heterocycles. The number of ketones is 2. The van der Waals surface area contributed by atoms with Crippen molar-refractivity contribution in [3.05, 3.63) is 47.9 Å². The highest BCUT2D eigenvalue weighted by atomic mass is 19.1. The highest BCUT2D eigenvalue weighted by molar-refractivity contribution is 6.08. The molecule has 3 aliphatic rings. The van der Waals surface area contributed by atoms with E-state index in [2.05, 4.69) is 21.4 Å². The highest BCUT2D eigenvalue weighted by Gasteiger charge is 2.61. The standard InChI is InChI=1S/C46H67FN6O10/c1-12-35-46(8)38(53(43(58)63-46)20-16-15-19-52-25-31(49-50-52)22-30-24-48-33-18-14-13-17-32(30)33)28(4)36(54)26(2)23-44(6,59-11)40(29(5)39(56)45(7,47)42(57)61-35)62-41-37(55)34(51(9)10)21-27(3)60-41/h13-14,17-18,24-29,34-35,37-38,40-41,48,55H,12,15-16,19-23H2,1-11H3/t26-,27-,28-,29-,34+,35+,37-,38+,40-,41+,44+,45+,46-/m1/s1. The van der Waals surface area contributed by atoms with E-state index in [0.29, 0.717) is 32.2 Å². The molecule has 6 rings (SSSR count). The Morgan fingerprint density at radius 2 is 1.73 bits per heavy atom. The smallest absolute Gasteiger partial charge is 0.410 e. The number of hydrogen-bond acceptors (Lipinski definition) is 13. The van der Waals surface area contributed by atoms with E-state index in [1.54, 1.807) is 39.3 Å². The van der Waals surface area contributed by atoms with Crippen LogP contribution in [-0.4, -0.2) is 146 Å². The molecule has 2 N–H and O–H groups in total. The molecule has 1 amide bonds.